The van der Waals surface area contributed by atoms with Gasteiger partial charge in [-0.05, 0) is 74.7 Å². The molecule has 4 aromatic rings. The summed E-state index contributed by atoms with van der Waals surface area (Å²) in [7, 11) is 0. The van der Waals surface area contributed by atoms with Gasteiger partial charge in [-0.1, -0.05) is 36.2 Å². The van der Waals surface area contributed by atoms with E-state index in [4.69, 9.17) is 21.1 Å². The van der Waals surface area contributed by atoms with E-state index in [0.717, 1.165) is 44.5 Å². The molecule has 45 heavy (non-hydrogen) atoms. The van der Waals surface area contributed by atoms with Crippen LogP contribution in [-0.4, -0.2) is 42.0 Å². The first-order valence-electron chi connectivity index (χ1n) is 15.0. The number of benzene rings is 3. The number of hydrogen-bond donors (Lipinski definition) is 2. The highest BCUT2D eigenvalue weighted by atomic mass is 35.5. The average Bonchev–Trinajstić information content (AvgIpc) is 3.02. The summed E-state index contributed by atoms with van der Waals surface area (Å²) in [4.78, 5) is 20.0. The summed E-state index contributed by atoms with van der Waals surface area (Å²) in [6, 6.07) is 17.1. The molecule has 5 rings (SSSR count). The molecule has 1 saturated heterocycles. The van der Waals surface area contributed by atoms with Crippen molar-refractivity contribution in [3.63, 3.8) is 0 Å². The molecule has 1 amide bonds. The summed E-state index contributed by atoms with van der Waals surface area (Å²) in [6.07, 6.45) is 6.03. The van der Waals surface area contributed by atoms with E-state index in [2.05, 4.69) is 33.5 Å². The lowest BCUT2D eigenvalue weighted by atomic mass is 10.0. The van der Waals surface area contributed by atoms with Crippen LogP contribution in [0.25, 0.3) is 10.9 Å². The average molecular weight is 628 g/mol. The Balaban J connectivity index is 1.39. The first-order chi connectivity index (χ1) is 21.9. The van der Waals surface area contributed by atoms with Crippen LogP contribution in [-0.2, 0) is 11.4 Å². The summed E-state index contributed by atoms with van der Waals surface area (Å²) in [5, 5.41) is 17.2. The lowest BCUT2D eigenvalue weighted by Crippen LogP contribution is -2.31. The number of aromatic nitrogens is 1. The van der Waals surface area contributed by atoms with Crippen LogP contribution in [0.4, 0.5) is 21.5 Å². The van der Waals surface area contributed by atoms with Crippen LogP contribution in [0.5, 0.6) is 11.5 Å². The molecule has 2 N–H and O–H groups in total. The Morgan fingerprint density at radius 2 is 1.93 bits per heavy atom. The topological polar surface area (TPSA) is 99.5 Å². The maximum Gasteiger partial charge on any atom is 0.248 e. The van der Waals surface area contributed by atoms with Crippen molar-refractivity contribution in [2.75, 3.05) is 36.9 Å². The van der Waals surface area contributed by atoms with Crippen molar-refractivity contribution in [2.45, 2.75) is 39.7 Å². The number of carbonyl (C=O) groups excluding carboxylic acids is 1. The van der Waals surface area contributed by atoms with E-state index in [9.17, 15) is 14.4 Å². The molecule has 232 valence electrons. The molecule has 0 atom stereocenters. The lowest BCUT2D eigenvalue weighted by Gasteiger charge is -2.27. The van der Waals surface area contributed by atoms with Crippen LogP contribution in [0.3, 0.4) is 0 Å². The van der Waals surface area contributed by atoms with Gasteiger partial charge < -0.3 is 25.0 Å². The Bertz CT molecular complexity index is 1760. The molecular formula is C35H35ClFN5O3. The molecule has 3 aromatic carbocycles. The lowest BCUT2D eigenvalue weighted by molar-refractivity contribution is -0.112. The van der Waals surface area contributed by atoms with Crippen molar-refractivity contribution in [1.29, 1.82) is 5.26 Å². The minimum atomic E-state index is -0.337. The van der Waals surface area contributed by atoms with Crippen LogP contribution in [0.1, 0.15) is 44.2 Å². The van der Waals surface area contributed by atoms with Gasteiger partial charge in [0, 0.05) is 42.5 Å². The van der Waals surface area contributed by atoms with Crippen molar-refractivity contribution >= 4 is 45.5 Å². The van der Waals surface area contributed by atoms with E-state index in [1.807, 2.05) is 6.92 Å². The summed E-state index contributed by atoms with van der Waals surface area (Å²) >= 11 is 6.54. The molecule has 1 fully saturated rings. The standard InChI is InChI=1S/C35H35ClFN5O3/c1-3-12-42-13-10-23(11-14-42)16-34(43)41-31-18-28-30(19-33(31)44-4-2)39-21-25(20-38)35(28)40-27-8-9-32(29(36)17-27)45-22-24-6-5-7-26(37)15-24/h5-9,15-19,21H,3-4,10-14,22H2,1-2H3,(H,39,40)(H,41,43). The van der Waals surface area contributed by atoms with Crippen molar-refractivity contribution in [3.8, 4) is 17.6 Å². The number of rotatable bonds is 11. The van der Waals surface area contributed by atoms with Gasteiger partial charge >= 0.3 is 0 Å². The number of carbonyl (C=O) groups is 1. The Labute approximate surface area is 267 Å². The quantitative estimate of drug-likeness (QED) is 0.163. The molecule has 1 aliphatic heterocycles. The molecule has 0 spiro atoms. The maximum absolute atomic E-state index is 13.5. The number of likely N-dealkylation sites (tertiary alicyclic amines) is 1. The number of halogens is 2. The fraction of sp³-hybridized carbons (Fsp3) is 0.286. The number of nitrogens with zero attached hydrogens (tertiary/aromatic N) is 3. The SMILES string of the molecule is CCCN1CCC(=CC(=O)Nc2cc3c(Nc4ccc(OCc5cccc(F)c5)c(Cl)c4)c(C#N)cnc3cc2OCC)CC1. The predicted octanol–water partition coefficient (Wildman–Crippen LogP) is 7.99. The third kappa shape index (κ3) is 8.09. The predicted molar refractivity (Wildman–Crippen MR) is 176 cm³/mol. The van der Waals surface area contributed by atoms with Gasteiger partial charge in [-0.15, -0.1) is 0 Å². The number of hydrogen-bond acceptors (Lipinski definition) is 7. The van der Waals surface area contributed by atoms with Gasteiger partial charge in [0.25, 0.3) is 0 Å². The number of nitrogens with one attached hydrogen (secondary N) is 2. The van der Waals surface area contributed by atoms with E-state index >= 15 is 0 Å². The minimum absolute atomic E-state index is 0.155. The molecule has 0 radical (unpaired) electrons. The highest BCUT2D eigenvalue weighted by molar-refractivity contribution is 6.32. The molecule has 0 aliphatic carbocycles. The summed E-state index contributed by atoms with van der Waals surface area (Å²) in [5.74, 6) is 0.355. The number of amides is 1. The zero-order chi connectivity index (χ0) is 31.8. The van der Waals surface area contributed by atoms with E-state index in [0.29, 0.717) is 62.2 Å². The van der Waals surface area contributed by atoms with E-state index in [-0.39, 0.29) is 18.3 Å². The molecule has 0 unspecified atom stereocenters. The number of ether oxygens (including phenoxy) is 2. The minimum Gasteiger partial charge on any atom is -0.492 e. The maximum atomic E-state index is 13.5. The summed E-state index contributed by atoms with van der Waals surface area (Å²) in [6.45, 7) is 7.58. The second kappa shape index (κ2) is 14.9. The van der Waals surface area contributed by atoms with Crippen LogP contribution in [0.15, 0.2) is 72.4 Å². The molecule has 10 heteroatoms. The largest absolute Gasteiger partial charge is 0.492 e. The normalized spacial score (nSPS) is 13.3. The van der Waals surface area contributed by atoms with E-state index < -0.39 is 0 Å². The number of piperidine rings is 1. The molecule has 2 heterocycles. The third-order valence-electron chi connectivity index (χ3n) is 7.51. The highest BCUT2D eigenvalue weighted by Gasteiger charge is 2.18. The molecule has 0 saturated carbocycles. The molecule has 8 nitrogen and oxygen atoms in total. The monoisotopic (exact) mass is 627 g/mol. The van der Waals surface area contributed by atoms with Gasteiger partial charge in [-0.3, -0.25) is 9.78 Å². The second-order valence-electron chi connectivity index (χ2n) is 10.8. The van der Waals surface area contributed by atoms with Crippen molar-refractivity contribution in [2.24, 2.45) is 0 Å². The Kier molecular flexibility index (Phi) is 10.5. The second-order valence-corrected chi connectivity index (χ2v) is 11.2. The van der Waals surface area contributed by atoms with Gasteiger partial charge in [0.2, 0.25) is 5.91 Å². The zero-order valence-corrected chi connectivity index (χ0v) is 26.1. The van der Waals surface area contributed by atoms with Gasteiger partial charge in [0.1, 0.15) is 30.0 Å². The molecule has 0 bridgehead atoms. The molecule has 1 aromatic heterocycles. The summed E-state index contributed by atoms with van der Waals surface area (Å²) < 4.78 is 25.2. The third-order valence-corrected chi connectivity index (χ3v) is 7.80. The van der Waals surface area contributed by atoms with Crippen LogP contribution >= 0.6 is 11.6 Å². The van der Waals surface area contributed by atoms with Crippen LogP contribution in [0, 0.1) is 17.1 Å². The smallest absolute Gasteiger partial charge is 0.248 e. The highest BCUT2D eigenvalue weighted by Crippen LogP contribution is 2.37. The van der Waals surface area contributed by atoms with E-state index in [1.165, 1.54) is 18.3 Å². The fourth-order valence-electron chi connectivity index (χ4n) is 5.32. The first-order valence-corrected chi connectivity index (χ1v) is 15.4. The summed E-state index contributed by atoms with van der Waals surface area (Å²) in [5.41, 5.74) is 4.29. The van der Waals surface area contributed by atoms with Gasteiger partial charge in [0.05, 0.1) is 34.1 Å². The zero-order valence-electron chi connectivity index (χ0n) is 25.3. The van der Waals surface area contributed by atoms with Crippen LogP contribution in [0.2, 0.25) is 5.02 Å². The number of fused-ring (bicyclic) bond motifs is 1. The number of pyridine rings is 1. The number of nitriles is 1. The number of anilines is 3. The van der Waals surface area contributed by atoms with E-state index in [1.54, 1.807) is 48.5 Å². The van der Waals surface area contributed by atoms with Crippen molar-refractivity contribution < 1.29 is 18.7 Å². The Hall–Kier alpha value is -4.65. The Morgan fingerprint density at radius 1 is 1.11 bits per heavy atom. The van der Waals surface area contributed by atoms with Crippen molar-refractivity contribution in [1.82, 2.24) is 9.88 Å². The first kappa shape index (κ1) is 31.8. The fourth-order valence-corrected chi connectivity index (χ4v) is 5.55. The van der Waals surface area contributed by atoms with Gasteiger partial charge in [0.15, 0.2) is 0 Å². The van der Waals surface area contributed by atoms with Gasteiger partial charge in [-0.25, -0.2) is 4.39 Å². The van der Waals surface area contributed by atoms with Crippen molar-refractivity contribution in [3.05, 3.63) is 94.4 Å². The van der Waals surface area contributed by atoms with Crippen LogP contribution < -0.4 is 20.1 Å². The molecular weight excluding hydrogens is 593 g/mol. The van der Waals surface area contributed by atoms with Gasteiger partial charge in [-0.2, -0.15) is 5.26 Å². The molecule has 1 aliphatic rings. The Morgan fingerprint density at radius 3 is 2.64 bits per heavy atom.